The number of rotatable bonds is 0. The van der Waals surface area contributed by atoms with Crippen LogP contribution in [0.3, 0.4) is 0 Å². The molecule has 26 valence electrons. The van der Waals surface area contributed by atoms with Gasteiger partial charge in [0.15, 0.2) is 0 Å². The first-order valence-corrected chi connectivity index (χ1v) is 1.41. The van der Waals surface area contributed by atoms with Crippen molar-refractivity contribution in [2.75, 3.05) is 0 Å². The summed E-state index contributed by atoms with van der Waals surface area (Å²) in [4.78, 5) is 0. The molecule has 0 bridgehead atoms. The standard InChI is InChI=1S/Al.Cu.2O/q;+1;;-1. The third-order valence-corrected chi connectivity index (χ3v) is 0. The van der Waals surface area contributed by atoms with Crippen LogP contribution < -0.4 is 4.16 Å². The fourth-order valence-electron chi connectivity index (χ4n) is 0. The minimum absolute atomic E-state index is 0. The zero-order valence-corrected chi connectivity index (χ0v) is 3.79. The fraction of sp³-hybridized carbons (Fsp3) is 0. The van der Waals surface area contributed by atoms with Gasteiger partial charge in [-0.3, -0.25) is 0 Å². The van der Waals surface area contributed by atoms with Crippen LogP contribution in [0.15, 0.2) is 0 Å². The van der Waals surface area contributed by atoms with Gasteiger partial charge in [0.25, 0.3) is 0 Å². The van der Waals surface area contributed by atoms with Crippen molar-refractivity contribution in [3.8, 4) is 0 Å². The van der Waals surface area contributed by atoms with Crippen molar-refractivity contribution < 1.29 is 25.0 Å². The van der Waals surface area contributed by atoms with E-state index in [0.717, 1.165) is 0 Å². The number of hydrogen-bond acceptors (Lipinski definition) is 2. The van der Waals surface area contributed by atoms with Crippen molar-refractivity contribution >= 4 is 15.5 Å². The van der Waals surface area contributed by atoms with Crippen LogP contribution in [-0.4, -0.2) is 15.5 Å². The van der Waals surface area contributed by atoms with Gasteiger partial charge in [-0.2, -0.15) is 0 Å². The van der Waals surface area contributed by atoms with Gasteiger partial charge in [-0.25, -0.2) is 0 Å². The summed E-state index contributed by atoms with van der Waals surface area (Å²) < 4.78 is 16.9. The van der Waals surface area contributed by atoms with Crippen LogP contribution in [0.25, 0.3) is 0 Å². The second-order valence-corrected chi connectivity index (χ2v) is 0.289. The molecule has 0 unspecified atom stereocenters. The molecule has 0 amide bonds. The van der Waals surface area contributed by atoms with Gasteiger partial charge in [0, 0.05) is 0 Å². The van der Waals surface area contributed by atoms with Gasteiger partial charge < -0.3 is 0 Å². The van der Waals surface area contributed by atoms with E-state index in [9.17, 15) is 0 Å². The van der Waals surface area contributed by atoms with E-state index in [0.29, 0.717) is 0 Å². The van der Waals surface area contributed by atoms with E-state index in [1.54, 1.807) is 0 Å². The van der Waals surface area contributed by atoms with E-state index in [1.165, 1.54) is 0 Å². The summed E-state index contributed by atoms with van der Waals surface area (Å²) in [5, 5.41) is 0. The molecule has 0 saturated heterocycles. The summed E-state index contributed by atoms with van der Waals surface area (Å²) in [6, 6.07) is 0. The van der Waals surface area contributed by atoms with Crippen LogP contribution in [0.4, 0.5) is 0 Å². The molecule has 0 atom stereocenters. The Morgan fingerprint density at radius 3 is 1.75 bits per heavy atom. The van der Waals surface area contributed by atoms with Gasteiger partial charge in [0.1, 0.15) is 0 Å². The van der Waals surface area contributed by atoms with Gasteiger partial charge in [-0.05, 0) is 0 Å². The Hall–Kier alpha value is 0.652. The summed E-state index contributed by atoms with van der Waals surface area (Å²) in [5.74, 6) is 0. The van der Waals surface area contributed by atoms with Crippen molar-refractivity contribution in [1.82, 2.24) is 0 Å². The van der Waals surface area contributed by atoms with Crippen molar-refractivity contribution in [1.29, 1.82) is 0 Å². The molecule has 0 radical (unpaired) electrons. The average Bonchev–Trinajstić information content (AvgIpc) is 0.918. The fourth-order valence-corrected chi connectivity index (χ4v) is 0. The topological polar surface area (TPSA) is 40.1 Å². The van der Waals surface area contributed by atoms with E-state index < -0.39 is 15.5 Å². The second kappa shape index (κ2) is 9.41. The Bertz CT molecular complexity index is 13.5. The molecule has 0 heterocycles. The van der Waals surface area contributed by atoms with Crippen molar-refractivity contribution in [2.45, 2.75) is 0 Å². The SMILES string of the molecule is [Cu+].[O]=[Al][O-]. The predicted molar refractivity (Wildman–Crippen MR) is 6.44 cm³/mol. The van der Waals surface area contributed by atoms with Crippen LogP contribution in [0, 0.1) is 0 Å². The molecule has 0 aromatic heterocycles. The quantitative estimate of drug-likeness (QED) is 0.360. The van der Waals surface area contributed by atoms with Crippen molar-refractivity contribution in [2.24, 2.45) is 0 Å². The molecule has 4 heavy (non-hydrogen) atoms. The Kier molecular flexibility index (Phi) is 20.8. The first-order valence-electron chi connectivity index (χ1n) is 0.471. The zero-order valence-electron chi connectivity index (χ0n) is 1.70. The van der Waals surface area contributed by atoms with Crippen molar-refractivity contribution in [3.05, 3.63) is 0 Å². The summed E-state index contributed by atoms with van der Waals surface area (Å²) in [6.07, 6.45) is 0. The van der Waals surface area contributed by atoms with Crippen LogP contribution in [0.1, 0.15) is 0 Å². The maximum atomic E-state index is 8.46. The summed E-state index contributed by atoms with van der Waals surface area (Å²) in [5.41, 5.74) is 0. The van der Waals surface area contributed by atoms with Gasteiger partial charge >= 0.3 is 40.5 Å². The van der Waals surface area contributed by atoms with Crippen LogP contribution in [0.5, 0.6) is 0 Å². The molecule has 2 nitrogen and oxygen atoms in total. The number of hydrogen-bond donors (Lipinski definition) is 0. The monoisotopic (exact) mass is 122 g/mol. The molecule has 4 heteroatoms. The second-order valence-electron chi connectivity index (χ2n) is 0.0962. The third kappa shape index (κ3) is 17.0. The Morgan fingerprint density at radius 1 is 1.75 bits per heavy atom. The van der Waals surface area contributed by atoms with Crippen LogP contribution in [0.2, 0.25) is 0 Å². The molecule has 0 N–H and O–H groups in total. The molecular weight excluding hydrogens is 123 g/mol. The van der Waals surface area contributed by atoms with Gasteiger partial charge in [0.05, 0.1) is 0 Å². The molecule has 0 saturated carbocycles. The van der Waals surface area contributed by atoms with Gasteiger partial charge in [0.2, 0.25) is 0 Å². The molecule has 0 aromatic carbocycles. The van der Waals surface area contributed by atoms with E-state index in [1.807, 2.05) is 0 Å². The average molecular weight is 123 g/mol. The molecular formula is AlCuO2. The van der Waals surface area contributed by atoms with E-state index in [4.69, 9.17) is 7.96 Å². The summed E-state index contributed by atoms with van der Waals surface area (Å²) >= 11 is -1.75. The van der Waals surface area contributed by atoms with Crippen LogP contribution in [-0.2, 0) is 20.9 Å². The third-order valence-electron chi connectivity index (χ3n) is 0. The summed E-state index contributed by atoms with van der Waals surface area (Å²) in [7, 11) is 0. The molecule has 0 aliphatic heterocycles. The van der Waals surface area contributed by atoms with E-state index in [2.05, 4.69) is 0 Å². The first kappa shape index (κ1) is 8.82. The Balaban J connectivity index is 0. The molecule has 0 aromatic rings. The molecule has 0 rings (SSSR count). The Morgan fingerprint density at radius 2 is 1.75 bits per heavy atom. The predicted octanol–water partition coefficient (Wildman–Crippen LogP) is -1.69. The Labute approximate surface area is 40.9 Å². The van der Waals surface area contributed by atoms with Gasteiger partial charge in [-0.1, -0.05) is 0 Å². The first-order chi connectivity index (χ1) is 1.41. The van der Waals surface area contributed by atoms with Crippen molar-refractivity contribution in [3.63, 3.8) is 0 Å². The maximum absolute atomic E-state index is 8.46. The van der Waals surface area contributed by atoms with E-state index in [-0.39, 0.29) is 17.1 Å². The molecule has 0 fully saturated rings. The minimum atomic E-state index is -1.75. The van der Waals surface area contributed by atoms with Gasteiger partial charge in [-0.15, -0.1) is 0 Å². The molecule has 0 spiro atoms. The molecule has 0 aliphatic carbocycles. The summed E-state index contributed by atoms with van der Waals surface area (Å²) in [6.45, 7) is 0. The molecule has 0 aliphatic rings. The van der Waals surface area contributed by atoms with Crippen LogP contribution >= 0.6 is 0 Å². The zero-order chi connectivity index (χ0) is 2.71. The normalized spacial score (nSPS) is 2.00. The van der Waals surface area contributed by atoms with E-state index >= 15 is 0 Å².